The van der Waals surface area contributed by atoms with Crippen LogP contribution in [0.1, 0.15) is 11.1 Å². The van der Waals surface area contributed by atoms with Gasteiger partial charge in [0.25, 0.3) is 0 Å². The molecular weight excluding hydrogens is 188 g/mol. The summed E-state index contributed by atoms with van der Waals surface area (Å²) in [5.41, 5.74) is 8.26. The van der Waals surface area contributed by atoms with Crippen molar-refractivity contribution in [2.45, 2.75) is 13.8 Å². The number of anilines is 1. The van der Waals surface area contributed by atoms with Crippen LogP contribution in [0, 0.1) is 13.8 Å². The van der Waals surface area contributed by atoms with Crippen molar-refractivity contribution in [3.63, 3.8) is 0 Å². The van der Waals surface area contributed by atoms with Crippen molar-refractivity contribution >= 4 is 23.1 Å². The molecule has 4 nitrogen and oxygen atoms in total. The van der Waals surface area contributed by atoms with E-state index in [9.17, 15) is 0 Å². The van der Waals surface area contributed by atoms with Crippen molar-refractivity contribution in [2.75, 3.05) is 5.73 Å². The number of hydrogen-bond acceptors (Lipinski definition) is 3. The lowest BCUT2D eigenvalue weighted by Gasteiger charge is -2.02. The number of aromatic nitrogens is 3. The van der Waals surface area contributed by atoms with Gasteiger partial charge in [0.05, 0.1) is 6.20 Å². The fraction of sp³-hybridized carbons (Fsp3) is 0.250. The Hall–Kier alpha value is -1.29. The molecule has 0 atom stereocenters. The molecule has 2 aromatic heterocycles. The number of aryl methyl sites for hydroxylation is 1. The van der Waals surface area contributed by atoms with E-state index in [1.54, 1.807) is 10.7 Å². The first kappa shape index (κ1) is 8.31. The van der Waals surface area contributed by atoms with E-state index >= 15 is 0 Å². The van der Waals surface area contributed by atoms with E-state index < -0.39 is 0 Å². The zero-order valence-corrected chi connectivity index (χ0v) is 8.13. The molecule has 0 fully saturated rings. The molecule has 2 N–H and O–H groups in total. The first-order chi connectivity index (χ1) is 6.09. The lowest BCUT2D eigenvalue weighted by atomic mass is 10.2. The number of fused-ring (bicyclic) bond motifs is 1. The number of hydrogen-bond donors (Lipinski definition) is 1. The fourth-order valence-corrected chi connectivity index (χ4v) is 1.44. The summed E-state index contributed by atoms with van der Waals surface area (Å²) >= 11 is 5.90. The van der Waals surface area contributed by atoms with E-state index in [-0.39, 0.29) is 0 Å². The van der Waals surface area contributed by atoms with Crippen LogP contribution in [0.2, 0.25) is 5.15 Å². The van der Waals surface area contributed by atoms with Gasteiger partial charge in [-0.1, -0.05) is 11.6 Å². The van der Waals surface area contributed by atoms with E-state index in [1.807, 2.05) is 13.8 Å². The van der Waals surface area contributed by atoms with Crippen LogP contribution in [0.5, 0.6) is 0 Å². The smallest absolute Gasteiger partial charge is 0.159 e. The molecule has 5 heteroatoms. The Kier molecular flexibility index (Phi) is 1.66. The molecule has 0 radical (unpaired) electrons. The van der Waals surface area contributed by atoms with Gasteiger partial charge in [-0.25, -0.2) is 9.50 Å². The van der Waals surface area contributed by atoms with E-state index in [0.717, 1.165) is 16.8 Å². The van der Waals surface area contributed by atoms with Crippen LogP contribution < -0.4 is 5.73 Å². The molecule has 2 heterocycles. The van der Waals surface area contributed by atoms with Gasteiger partial charge in [0.2, 0.25) is 0 Å². The molecule has 0 unspecified atom stereocenters. The molecule has 0 saturated heterocycles. The minimum absolute atomic E-state index is 0.456. The molecule has 0 aliphatic carbocycles. The van der Waals surface area contributed by atoms with Crippen molar-refractivity contribution in [2.24, 2.45) is 0 Å². The largest absolute Gasteiger partial charge is 0.382 e. The SMILES string of the molecule is Cc1c(Cl)nn2cc(N)nc2c1C. The molecule has 2 rings (SSSR count). The molecule has 0 spiro atoms. The lowest BCUT2D eigenvalue weighted by Crippen LogP contribution is -1.97. The third-order valence-corrected chi connectivity index (χ3v) is 2.47. The highest BCUT2D eigenvalue weighted by Crippen LogP contribution is 2.20. The highest BCUT2D eigenvalue weighted by molar-refractivity contribution is 6.30. The second kappa shape index (κ2) is 2.60. The molecule has 0 aromatic carbocycles. The van der Waals surface area contributed by atoms with Crippen molar-refractivity contribution < 1.29 is 0 Å². The zero-order valence-electron chi connectivity index (χ0n) is 7.37. The third-order valence-electron chi connectivity index (χ3n) is 2.11. The van der Waals surface area contributed by atoms with Gasteiger partial charge in [0.15, 0.2) is 10.8 Å². The van der Waals surface area contributed by atoms with Gasteiger partial charge < -0.3 is 5.73 Å². The quantitative estimate of drug-likeness (QED) is 0.696. The number of nitrogens with zero attached hydrogens (tertiary/aromatic N) is 3. The summed E-state index contributed by atoms with van der Waals surface area (Å²) in [6.07, 6.45) is 1.65. The topological polar surface area (TPSA) is 56.2 Å². The summed E-state index contributed by atoms with van der Waals surface area (Å²) in [5.74, 6) is 0.456. The molecule has 0 bridgehead atoms. The minimum Gasteiger partial charge on any atom is -0.382 e. The van der Waals surface area contributed by atoms with Gasteiger partial charge in [-0.15, -0.1) is 0 Å². The van der Waals surface area contributed by atoms with Crippen molar-refractivity contribution in [3.05, 3.63) is 22.5 Å². The van der Waals surface area contributed by atoms with Crippen LogP contribution in [-0.4, -0.2) is 14.6 Å². The molecule has 0 aliphatic heterocycles. The van der Waals surface area contributed by atoms with Gasteiger partial charge in [-0.05, 0) is 25.0 Å². The molecule has 0 amide bonds. The molecule has 2 aromatic rings. The first-order valence-corrected chi connectivity index (χ1v) is 4.25. The summed E-state index contributed by atoms with van der Waals surface area (Å²) in [6, 6.07) is 0. The Morgan fingerprint density at radius 2 is 2.08 bits per heavy atom. The van der Waals surface area contributed by atoms with Gasteiger partial charge in [0.1, 0.15) is 5.82 Å². The van der Waals surface area contributed by atoms with E-state index in [4.69, 9.17) is 17.3 Å². The number of imidazole rings is 1. The van der Waals surface area contributed by atoms with Gasteiger partial charge in [-0.2, -0.15) is 5.10 Å². The van der Waals surface area contributed by atoms with Crippen LogP contribution in [-0.2, 0) is 0 Å². The second-order valence-corrected chi connectivity index (χ2v) is 3.33. The van der Waals surface area contributed by atoms with Gasteiger partial charge >= 0.3 is 0 Å². The fourth-order valence-electron chi connectivity index (χ4n) is 1.21. The summed E-state index contributed by atoms with van der Waals surface area (Å²) in [6.45, 7) is 3.86. The third kappa shape index (κ3) is 1.14. The number of nitrogen functional groups attached to an aromatic ring is 1. The van der Waals surface area contributed by atoms with E-state index in [1.165, 1.54) is 0 Å². The van der Waals surface area contributed by atoms with Crippen LogP contribution in [0.3, 0.4) is 0 Å². The maximum atomic E-state index is 5.90. The van der Waals surface area contributed by atoms with Crippen molar-refractivity contribution in [1.29, 1.82) is 0 Å². The summed E-state index contributed by atoms with van der Waals surface area (Å²) < 4.78 is 1.60. The predicted octanol–water partition coefficient (Wildman–Crippen LogP) is 1.58. The molecule has 0 aliphatic rings. The van der Waals surface area contributed by atoms with Gasteiger partial charge in [-0.3, -0.25) is 0 Å². The summed E-state index contributed by atoms with van der Waals surface area (Å²) in [7, 11) is 0. The lowest BCUT2D eigenvalue weighted by molar-refractivity contribution is 0.917. The monoisotopic (exact) mass is 196 g/mol. The maximum absolute atomic E-state index is 5.90. The Balaban J connectivity index is 2.92. The van der Waals surface area contributed by atoms with Crippen LogP contribution >= 0.6 is 11.6 Å². The van der Waals surface area contributed by atoms with E-state index in [2.05, 4.69) is 10.1 Å². The Labute approximate surface area is 80.3 Å². The second-order valence-electron chi connectivity index (χ2n) is 2.97. The maximum Gasteiger partial charge on any atom is 0.159 e. The van der Waals surface area contributed by atoms with Crippen LogP contribution in [0.25, 0.3) is 5.65 Å². The first-order valence-electron chi connectivity index (χ1n) is 3.87. The zero-order chi connectivity index (χ0) is 9.59. The van der Waals surface area contributed by atoms with Crippen molar-refractivity contribution in [3.8, 4) is 0 Å². The average molecular weight is 197 g/mol. The molecule has 0 saturated carbocycles. The highest BCUT2D eigenvalue weighted by atomic mass is 35.5. The Morgan fingerprint density at radius 3 is 2.77 bits per heavy atom. The molecule has 68 valence electrons. The molecule has 13 heavy (non-hydrogen) atoms. The van der Waals surface area contributed by atoms with Crippen LogP contribution in [0.15, 0.2) is 6.20 Å². The standard InChI is InChI=1S/C8H9ClN4/c1-4-5(2)8-11-6(10)3-13(8)12-7(4)9/h3H,10H2,1-2H3. The van der Waals surface area contributed by atoms with Crippen molar-refractivity contribution in [1.82, 2.24) is 14.6 Å². The Bertz CT molecular complexity index is 474. The Morgan fingerprint density at radius 1 is 1.38 bits per heavy atom. The number of nitrogens with two attached hydrogens (primary N) is 1. The summed E-state index contributed by atoms with van der Waals surface area (Å²) in [4.78, 5) is 4.13. The minimum atomic E-state index is 0.456. The predicted molar refractivity (Wildman–Crippen MR) is 51.9 cm³/mol. The van der Waals surface area contributed by atoms with Gasteiger partial charge in [0, 0.05) is 0 Å². The highest BCUT2D eigenvalue weighted by Gasteiger charge is 2.08. The van der Waals surface area contributed by atoms with E-state index in [0.29, 0.717) is 11.0 Å². The number of rotatable bonds is 0. The summed E-state index contributed by atoms with van der Waals surface area (Å²) in [5, 5.41) is 4.58. The molecular formula is C8H9ClN4. The average Bonchev–Trinajstić information content (AvgIpc) is 2.42. The number of halogens is 1. The van der Waals surface area contributed by atoms with Crippen LogP contribution in [0.4, 0.5) is 5.82 Å². The normalized spacial score (nSPS) is 11.0.